The van der Waals surface area contributed by atoms with Gasteiger partial charge in [0.15, 0.2) is 11.6 Å². The van der Waals surface area contributed by atoms with Crippen LogP contribution in [0.15, 0.2) is 48.5 Å². The molecule has 0 bridgehead atoms. The number of benzene rings is 2. The summed E-state index contributed by atoms with van der Waals surface area (Å²) >= 11 is 0. The molecular weight excluding hydrogens is 344 g/mol. The van der Waals surface area contributed by atoms with Gasteiger partial charge in [0, 0.05) is 13.1 Å². The second kappa shape index (κ2) is 8.59. The molecule has 0 radical (unpaired) electrons. The molecule has 4 rings (SSSR count). The Morgan fingerprint density at radius 2 is 1.04 bits per heavy atom. The summed E-state index contributed by atoms with van der Waals surface area (Å²) in [4.78, 5) is 10.1. The maximum atomic E-state index is 5.03. The van der Waals surface area contributed by atoms with Crippen molar-refractivity contribution in [3.05, 3.63) is 48.5 Å². The van der Waals surface area contributed by atoms with Gasteiger partial charge >= 0.3 is 0 Å². The van der Waals surface area contributed by atoms with Crippen molar-refractivity contribution in [3.63, 3.8) is 0 Å². The van der Waals surface area contributed by atoms with Gasteiger partial charge in [-0.3, -0.25) is 0 Å². The average Bonchev–Trinajstić information content (AvgIpc) is 3.27. The van der Waals surface area contributed by atoms with E-state index < -0.39 is 0 Å². The predicted octanol–water partition coefficient (Wildman–Crippen LogP) is 6.43. The standard InChI is InChI=1S/C24H30N4/c1-3-5-11-17-27-21-15-9-7-13-19(21)25-23(27)24-26-20-14-8-10-16-22(20)28(24)18-12-6-4-2/h7-10,13-16H,3-6,11-12,17-18H2,1-2H3. The molecule has 0 saturated heterocycles. The van der Waals surface area contributed by atoms with Gasteiger partial charge in [0.25, 0.3) is 0 Å². The monoisotopic (exact) mass is 374 g/mol. The van der Waals surface area contributed by atoms with E-state index in [1.807, 2.05) is 0 Å². The van der Waals surface area contributed by atoms with Crippen LogP contribution in [0.25, 0.3) is 33.7 Å². The normalized spacial score (nSPS) is 11.6. The first-order valence-electron chi connectivity index (χ1n) is 10.7. The molecule has 0 aliphatic rings. The van der Waals surface area contributed by atoms with Crippen LogP contribution in [0.5, 0.6) is 0 Å². The zero-order valence-corrected chi connectivity index (χ0v) is 17.1. The Hall–Kier alpha value is -2.62. The van der Waals surface area contributed by atoms with Crippen LogP contribution in [0.3, 0.4) is 0 Å². The minimum atomic E-state index is 0.988. The van der Waals surface area contributed by atoms with Crippen LogP contribution in [0.4, 0.5) is 0 Å². The number of hydrogen-bond acceptors (Lipinski definition) is 2. The molecule has 2 aromatic carbocycles. The molecule has 0 saturated carbocycles. The molecule has 0 aliphatic heterocycles. The zero-order valence-electron chi connectivity index (χ0n) is 17.1. The first kappa shape index (κ1) is 18.7. The van der Waals surface area contributed by atoms with E-state index in [1.165, 1.54) is 49.6 Å². The summed E-state index contributed by atoms with van der Waals surface area (Å²) < 4.78 is 4.76. The summed E-state index contributed by atoms with van der Waals surface area (Å²) in [5.41, 5.74) is 4.53. The molecule has 4 aromatic rings. The van der Waals surface area contributed by atoms with Gasteiger partial charge in [-0.15, -0.1) is 0 Å². The second-order valence-corrected chi connectivity index (χ2v) is 7.57. The van der Waals surface area contributed by atoms with Gasteiger partial charge < -0.3 is 9.13 Å². The van der Waals surface area contributed by atoms with E-state index in [0.717, 1.165) is 35.8 Å². The molecule has 2 aromatic heterocycles. The second-order valence-electron chi connectivity index (χ2n) is 7.57. The smallest absolute Gasteiger partial charge is 0.177 e. The average molecular weight is 375 g/mol. The Labute approximate surface area is 167 Å². The molecule has 0 amide bonds. The Balaban J connectivity index is 1.85. The van der Waals surface area contributed by atoms with Gasteiger partial charge in [0.05, 0.1) is 22.1 Å². The highest BCUT2D eigenvalue weighted by Crippen LogP contribution is 2.29. The number of aryl methyl sites for hydroxylation is 2. The molecule has 0 aliphatic carbocycles. The van der Waals surface area contributed by atoms with Crippen molar-refractivity contribution in [1.82, 2.24) is 19.1 Å². The molecule has 0 fully saturated rings. The summed E-state index contributed by atoms with van der Waals surface area (Å²) in [6.07, 6.45) is 7.24. The van der Waals surface area contributed by atoms with Crippen LogP contribution >= 0.6 is 0 Å². The maximum Gasteiger partial charge on any atom is 0.177 e. The Morgan fingerprint density at radius 3 is 1.46 bits per heavy atom. The largest absolute Gasteiger partial charge is 0.321 e. The summed E-state index contributed by atoms with van der Waals surface area (Å²) in [5, 5.41) is 0. The molecule has 4 nitrogen and oxygen atoms in total. The summed E-state index contributed by atoms with van der Waals surface area (Å²) in [6, 6.07) is 16.9. The van der Waals surface area contributed by atoms with Crippen molar-refractivity contribution in [3.8, 4) is 11.6 Å². The Kier molecular flexibility index (Phi) is 5.75. The molecule has 0 spiro atoms. The van der Waals surface area contributed by atoms with E-state index in [-0.39, 0.29) is 0 Å². The third kappa shape index (κ3) is 3.56. The SMILES string of the molecule is CCCCCn1c(-c2nc3ccccc3n2CCCCC)nc2ccccc21. The first-order chi connectivity index (χ1) is 13.8. The minimum Gasteiger partial charge on any atom is -0.321 e. The molecule has 2 heterocycles. The number of aromatic nitrogens is 4. The fourth-order valence-corrected chi connectivity index (χ4v) is 3.98. The Morgan fingerprint density at radius 1 is 0.607 bits per heavy atom. The van der Waals surface area contributed by atoms with Crippen molar-refractivity contribution in [2.24, 2.45) is 0 Å². The third-order valence-electron chi connectivity index (χ3n) is 5.48. The Bertz CT molecular complexity index is 971. The highest BCUT2D eigenvalue weighted by Gasteiger charge is 2.19. The maximum absolute atomic E-state index is 5.03. The van der Waals surface area contributed by atoms with Crippen LogP contribution in [0, 0.1) is 0 Å². The summed E-state index contributed by atoms with van der Waals surface area (Å²) in [7, 11) is 0. The highest BCUT2D eigenvalue weighted by molar-refractivity contribution is 5.83. The summed E-state index contributed by atoms with van der Waals surface area (Å²) in [6.45, 7) is 6.48. The van der Waals surface area contributed by atoms with Crippen LogP contribution in [0.2, 0.25) is 0 Å². The fraction of sp³-hybridized carbons (Fsp3) is 0.417. The molecule has 0 N–H and O–H groups in total. The lowest BCUT2D eigenvalue weighted by Crippen LogP contribution is -2.07. The van der Waals surface area contributed by atoms with E-state index >= 15 is 0 Å². The van der Waals surface area contributed by atoms with Gasteiger partial charge in [-0.05, 0) is 37.1 Å². The van der Waals surface area contributed by atoms with Crippen molar-refractivity contribution < 1.29 is 0 Å². The number of hydrogen-bond donors (Lipinski definition) is 0. The van der Waals surface area contributed by atoms with Crippen molar-refractivity contribution >= 4 is 22.1 Å². The van der Waals surface area contributed by atoms with Crippen LogP contribution in [-0.2, 0) is 13.1 Å². The number of rotatable bonds is 9. The molecule has 146 valence electrons. The molecule has 4 heteroatoms. The fourth-order valence-electron chi connectivity index (χ4n) is 3.98. The van der Waals surface area contributed by atoms with E-state index in [9.17, 15) is 0 Å². The van der Waals surface area contributed by atoms with Crippen molar-refractivity contribution in [2.75, 3.05) is 0 Å². The molecule has 0 unspecified atom stereocenters. The number of imidazole rings is 2. The van der Waals surface area contributed by atoms with E-state index in [2.05, 4.69) is 71.5 Å². The van der Waals surface area contributed by atoms with Crippen molar-refractivity contribution in [1.29, 1.82) is 0 Å². The number of para-hydroxylation sites is 4. The van der Waals surface area contributed by atoms with Gasteiger partial charge in [-0.2, -0.15) is 0 Å². The topological polar surface area (TPSA) is 35.6 Å². The van der Waals surface area contributed by atoms with Gasteiger partial charge in [0.2, 0.25) is 0 Å². The molecule has 0 atom stereocenters. The third-order valence-corrected chi connectivity index (χ3v) is 5.48. The number of fused-ring (bicyclic) bond motifs is 2. The van der Waals surface area contributed by atoms with Gasteiger partial charge in [-0.25, -0.2) is 9.97 Å². The lowest BCUT2D eigenvalue weighted by atomic mass is 10.2. The van der Waals surface area contributed by atoms with Gasteiger partial charge in [-0.1, -0.05) is 63.8 Å². The molecule has 28 heavy (non-hydrogen) atoms. The van der Waals surface area contributed by atoms with Crippen molar-refractivity contribution in [2.45, 2.75) is 65.5 Å². The lowest BCUT2D eigenvalue weighted by Gasteiger charge is -2.11. The van der Waals surface area contributed by atoms with E-state index in [4.69, 9.17) is 9.97 Å². The zero-order chi connectivity index (χ0) is 19.3. The predicted molar refractivity (Wildman–Crippen MR) is 118 cm³/mol. The first-order valence-corrected chi connectivity index (χ1v) is 10.7. The van der Waals surface area contributed by atoms with Crippen LogP contribution in [0.1, 0.15) is 52.4 Å². The molecular formula is C24H30N4. The van der Waals surface area contributed by atoms with Crippen LogP contribution in [-0.4, -0.2) is 19.1 Å². The van der Waals surface area contributed by atoms with Crippen LogP contribution < -0.4 is 0 Å². The van der Waals surface area contributed by atoms with Gasteiger partial charge in [0.1, 0.15) is 0 Å². The highest BCUT2D eigenvalue weighted by atomic mass is 15.2. The summed E-state index contributed by atoms with van der Waals surface area (Å²) in [5.74, 6) is 2.01. The number of unbranched alkanes of at least 4 members (excludes halogenated alkanes) is 4. The van der Waals surface area contributed by atoms with E-state index in [0.29, 0.717) is 0 Å². The quantitative estimate of drug-likeness (QED) is 0.316. The minimum absolute atomic E-state index is 0.988. The number of nitrogens with zero attached hydrogens (tertiary/aromatic N) is 4. The lowest BCUT2D eigenvalue weighted by molar-refractivity contribution is 0.599. The van der Waals surface area contributed by atoms with E-state index in [1.54, 1.807) is 0 Å².